The topological polar surface area (TPSA) is 26.8 Å². The van der Waals surface area contributed by atoms with E-state index >= 15 is 0 Å². The molecule has 0 bridgehead atoms. The first-order chi connectivity index (χ1) is 9.56. The van der Waals surface area contributed by atoms with Crippen molar-refractivity contribution in [1.82, 2.24) is 14.7 Å². The molecule has 0 N–H and O–H groups in total. The zero-order chi connectivity index (χ0) is 14.6. The molecule has 20 heavy (non-hydrogen) atoms. The monoisotopic (exact) mass is 289 g/mol. The van der Waals surface area contributed by atoms with Crippen molar-refractivity contribution >= 4 is 6.41 Å². The fourth-order valence-corrected chi connectivity index (χ4v) is 3.17. The van der Waals surface area contributed by atoms with Crippen LogP contribution in [0.15, 0.2) is 0 Å². The van der Waals surface area contributed by atoms with Crippen molar-refractivity contribution in [3.05, 3.63) is 0 Å². The molecule has 116 valence electrons. The van der Waals surface area contributed by atoms with Crippen molar-refractivity contribution in [2.75, 3.05) is 45.8 Å². The fourth-order valence-electron chi connectivity index (χ4n) is 3.17. The third-order valence-corrected chi connectivity index (χ3v) is 4.42. The van der Waals surface area contributed by atoms with E-state index in [2.05, 4.69) is 11.8 Å². The molecule has 0 aromatic rings. The van der Waals surface area contributed by atoms with Crippen molar-refractivity contribution in [1.29, 1.82) is 0 Å². The number of nitrogens with zero attached hydrogens (tertiary/aromatic N) is 3. The Kier molecular flexibility index (Phi) is 5.32. The number of rotatable bonds is 5. The second-order valence-corrected chi connectivity index (χ2v) is 5.87. The summed E-state index contributed by atoms with van der Waals surface area (Å²) in [5.74, 6) is -2.79. The Hall–Kier alpha value is -0.750. The molecule has 2 fully saturated rings. The molecular weight excluding hydrogens is 264 g/mol. The highest BCUT2D eigenvalue weighted by molar-refractivity contribution is 5.47. The second kappa shape index (κ2) is 6.80. The van der Waals surface area contributed by atoms with Crippen LogP contribution >= 0.6 is 0 Å². The number of likely N-dealkylation sites (tertiary alicyclic amines) is 1. The van der Waals surface area contributed by atoms with Crippen LogP contribution in [0.5, 0.6) is 0 Å². The van der Waals surface area contributed by atoms with Crippen molar-refractivity contribution in [3.63, 3.8) is 0 Å². The molecule has 0 spiro atoms. The van der Waals surface area contributed by atoms with Crippen LogP contribution in [0.4, 0.5) is 8.78 Å². The first kappa shape index (κ1) is 15.6. The number of hydrogen-bond acceptors (Lipinski definition) is 3. The Labute approximate surface area is 119 Å². The van der Waals surface area contributed by atoms with E-state index in [1.165, 1.54) is 17.7 Å². The Bertz CT molecular complexity index is 320. The second-order valence-electron chi connectivity index (χ2n) is 5.87. The predicted octanol–water partition coefficient (Wildman–Crippen LogP) is 1.27. The molecule has 0 radical (unpaired) electrons. The number of hydrogen-bond donors (Lipinski definition) is 0. The fraction of sp³-hybridized carbons (Fsp3) is 0.929. The lowest BCUT2D eigenvalue weighted by Gasteiger charge is -2.45. The van der Waals surface area contributed by atoms with Crippen LogP contribution in [0.25, 0.3) is 0 Å². The van der Waals surface area contributed by atoms with E-state index in [9.17, 15) is 13.6 Å². The van der Waals surface area contributed by atoms with Gasteiger partial charge < -0.3 is 9.80 Å². The Balaban J connectivity index is 1.85. The van der Waals surface area contributed by atoms with E-state index in [4.69, 9.17) is 0 Å². The SMILES string of the molecule is CCCCN1CCN(C2CCN(C=O)CC2(F)F)CC1. The van der Waals surface area contributed by atoms with E-state index < -0.39 is 18.5 Å². The van der Waals surface area contributed by atoms with Gasteiger partial charge in [0.05, 0.1) is 12.6 Å². The summed E-state index contributed by atoms with van der Waals surface area (Å²) in [4.78, 5) is 16.1. The molecule has 4 nitrogen and oxygen atoms in total. The molecule has 2 aliphatic rings. The number of halogens is 2. The molecule has 2 rings (SSSR count). The van der Waals surface area contributed by atoms with E-state index in [-0.39, 0.29) is 0 Å². The van der Waals surface area contributed by atoms with Gasteiger partial charge in [-0.2, -0.15) is 0 Å². The average Bonchev–Trinajstić information content (AvgIpc) is 2.44. The van der Waals surface area contributed by atoms with Gasteiger partial charge in [0.25, 0.3) is 5.92 Å². The summed E-state index contributed by atoms with van der Waals surface area (Å²) >= 11 is 0. The molecule has 2 heterocycles. The number of carbonyl (C=O) groups is 1. The number of carbonyl (C=O) groups excluding carboxylic acids is 1. The number of alkyl halides is 2. The summed E-state index contributed by atoms with van der Waals surface area (Å²) < 4.78 is 28.3. The molecule has 0 aliphatic carbocycles. The van der Waals surface area contributed by atoms with E-state index in [0.717, 1.165) is 19.6 Å². The zero-order valence-electron chi connectivity index (χ0n) is 12.2. The largest absolute Gasteiger partial charge is 0.339 e. The van der Waals surface area contributed by atoms with Crippen LogP contribution in [0, 0.1) is 0 Å². The molecular formula is C14H25F2N3O. The summed E-state index contributed by atoms with van der Waals surface area (Å²) in [6, 6.07) is -0.702. The van der Waals surface area contributed by atoms with Gasteiger partial charge in [0.15, 0.2) is 0 Å². The maximum absolute atomic E-state index is 14.1. The van der Waals surface area contributed by atoms with Gasteiger partial charge in [-0.1, -0.05) is 13.3 Å². The number of unbranched alkanes of at least 4 members (excludes halogenated alkanes) is 1. The third kappa shape index (κ3) is 3.67. The summed E-state index contributed by atoms with van der Waals surface area (Å²) in [5.41, 5.74) is 0. The van der Waals surface area contributed by atoms with Crippen LogP contribution in [-0.2, 0) is 4.79 Å². The Morgan fingerprint density at radius 1 is 1.20 bits per heavy atom. The Morgan fingerprint density at radius 3 is 2.45 bits per heavy atom. The number of piperidine rings is 1. The summed E-state index contributed by atoms with van der Waals surface area (Å²) in [7, 11) is 0. The Morgan fingerprint density at radius 2 is 1.90 bits per heavy atom. The van der Waals surface area contributed by atoms with Crippen LogP contribution in [0.1, 0.15) is 26.2 Å². The van der Waals surface area contributed by atoms with Crippen LogP contribution in [-0.4, -0.2) is 78.9 Å². The quantitative estimate of drug-likeness (QED) is 0.713. The van der Waals surface area contributed by atoms with E-state index in [1.807, 2.05) is 4.90 Å². The summed E-state index contributed by atoms with van der Waals surface area (Å²) in [5, 5.41) is 0. The summed E-state index contributed by atoms with van der Waals surface area (Å²) in [6.07, 6.45) is 3.25. The standard InChI is InChI=1S/C14H25F2N3O/c1-2-3-5-17-7-9-19(10-8-17)13-4-6-18(12-20)11-14(13,15)16/h12-13H,2-11H2,1H3. The zero-order valence-corrected chi connectivity index (χ0v) is 12.2. The molecule has 1 unspecified atom stereocenters. The molecule has 6 heteroatoms. The van der Waals surface area contributed by atoms with Crippen LogP contribution in [0.3, 0.4) is 0 Å². The van der Waals surface area contributed by atoms with Gasteiger partial charge in [-0.15, -0.1) is 0 Å². The van der Waals surface area contributed by atoms with Crippen molar-refractivity contribution in [3.8, 4) is 0 Å². The van der Waals surface area contributed by atoms with Crippen LogP contribution in [0.2, 0.25) is 0 Å². The first-order valence-corrected chi connectivity index (χ1v) is 7.60. The third-order valence-electron chi connectivity index (χ3n) is 4.42. The highest BCUT2D eigenvalue weighted by Crippen LogP contribution is 2.31. The molecule has 2 aliphatic heterocycles. The molecule has 0 aromatic heterocycles. The number of amides is 1. The van der Waals surface area contributed by atoms with Gasteiger partial charge in [0, 0.05) is 32.7 Å². The van der Waals surface area contributed by atoms with Gasteiger partial charge in [-0.3, -0.25) is 9.69 Å². The molecule has 2 saturated heterocycles. The minimum absolute atomic E-state index is 0.376. The van der Waals surface area contributed by atoms with Gasteiger partial charge in [0.2, 0.25) is 6.41 Å². The normalized spacial score (nSPS) is 28.6. The minimum atomic E-state index is -2.79. The molecule has 1 atom stereocenters. The van der Waals surface area contributed by atoms with E-state index in [0.29, 0.717) is 32.5 Å². The van der Waals surface area contributed by atoms with Crippen molar-refractivity contribution < 1.29 is 13.6 Å². The van der Waals surface area contributed by atoms with Crippen molar-refractivity contribution in [2.24, 2.45) is 0 Å². The van der Waals surface area contributed by atoms with Gasteiger partial charge in [0.1, 0.15) is 0 Å². The maximum Gasteiger partial charge on any atom is 0.280 e. The molecule has 1 amide bonds. The van der Waals surface area contributed by atoms with Gasteiger partial charge >= 0.3 is 0 Å². The number of piperazine rings is 1. The maximum atomic E-state index is 14.1. The van der Waals surface area contributed by atoms with E-state index in [1.54, 1.807) is 0 Å². The first-order valence-electron chi connectivity index (χ1n) is 7.60. The average molecular weight is 289 g/mol. The highest BCUT2D eigenvalue weighted by atomic mass is 19.3. The van der Waals surface area contributed by atoms with Gasteiger partial charge in [-0.25, -0.2) is 8.78 Å². The lowest BCUT2D eigenvalue weighted by atomic mass is 9.98. The van der Waals surface area contributed by atoms with Crippen molar-refractivity contribution in [2.45, 2.75) is 38.2 Å². The predicted molar refractivity (Wildman–Crippen MR) is 73.9 cm³/mol. The highest BCUT2D eigenvalue weighted by Gasteiger charge is 2.47. The van der Waals surface area contributed by atoms with Crippen LogP contribution < -0.4 is 0 Å². The summed E-state index contributed by atoms with van der Waals surface area (Å²) in [6.45, 7) is 6.43. The molecule has 0 aromatic carbocycles. The smallest absolute Gasteiger partial charge is 0.280 e. The minimum Gasteiger partial charge on any atom is -0.339 e. The van der Waals surface area contributed by atoms with Gasteiger partial charge in [-0.05, 0) is 19.4 Å². The lowest BCUT2D eigenvalue weighted by Crippen LogP contribution is -2.61. The lowest BCUT2D eigenvalue weighted by molar-refractivity contribution is -0.147. The molecule has 0 saturated carbocycles.